The van der Waals surface area contributed by atoms with Crippen LogP contribution in [0.25, 0.3) is 0 Å². The Morgan fingerprint density at radius 1 is 1.16 bits per heavy atom. The van der Waals surface area contributed by atoms with Gasteiger partial charge in [0.25, 0.3) is 0 Å². The minimum atomic E-state index is -1.21. The molecule has 0 heterocycles. The van der Waals surface area contributed by atoms with E-state index in [2.05, 4.69) is 10.6 Å². The Morgan fingerprint density at radius 3 is 2.32 bits per heavy atom. The first-order valence-corrected chi connectivity index (χ1v) is 8.24. The topological polar surface area (TPSA) is 105 Å². The number of carbonyl (C=O) groups is 3. The van der Waals surface area contributed by atoms with Crippen molar-refractivity contribution in [3.8, 4) is 0 Å². The van der Waals surface area contributed by atoms with Gasteiger partial charge >= 0.3 is 6.09 Å². The molecule has 138 valence electrons. The van der Waals surface area contributed by atoms with E-state index in [9.17, 15) is 19.5 Å². The number of aliphatic hydroxyl groups is 1. The number of ether oxygens (including phenoxy) is 1. The molecule has 0 aliphatic carbocycles. The van der Waals surface area contributed by atoms with Crippen molar-refractivity contribution in [1.82, 2.24) is 10.6 Å². The van der Waals surface area contributed by atoms with E-state index in [4.69, 9.17) is 4.74 Å². The molecule has 0 saturated carbocycles. The fourth-order valence-corrected chi connectivity index (χ4v) is 2.23. The summed E-state index contributed by atoms with van der Waals surface area (Å²) < 4.78 is 5.04. The smallest absolute Gasteiger partial charge is 0.408 e. The molecule has 0 aliphatic heterocycles. The minimum Gasteiger partial charge on any atom is -0.445 e. The summed E-state index contributed by atoms with van der Waals surface area (Å²) in [5, 5.41) is 14.6. The molecule has 0 fully saturated rings. The molecule has 3 N–H and O–H groups in total. The highest BCUT2D eigenvalue weighted by molar-refractivity contribution is 5.88. The highest BCUT2D eigenvalue weighted by Crippen LogP contribution is 2.05. The van der Waals surface area contributed by atoms with E-state index in [1.54, 1.807) is 12.1 Å². The third kappa shape index (κ3) is 7.80. The Morgan fingerprint density at radius 2 is 1.80 bits per heavy atom. The van der Waals surface area contributed by atoms with Crippen LogP contribution in [0.15, 0.2) is 30.3 Å². The lowest BCUT2D eigenvalue weighted by Crippen LogP contribution is -2.54. The number of carbonyl (C=O) groups excluding carboxylic acids is 3. The van der Waals surface area contributed by atoms with Crippen molar-refractivity contribution in [2.24, 2.45) is 5.92 Å². The van der Waals surface area contributed by atoms with Gasteiger partial charge in [-0.2, -0.15) is 0 Å². The summed E-state index contributed by atoms with van der Waals surface area (Å²) in [6.07, 6.45) is -0.850. The molecule has 1 rings (SSSR count). The van der Waals surface area contributed by atoms with Crippen LogP contribution in [0.5, 0.6) is 0 Å². The molecule has 0 spiro atoms. The van der Waals surface area contributed by atoms with Crippen LogP contribution < -0.4 is 10.6 Å². The van der Waals surface area contributed by atoms with Crippen LogP contribution in [-0.4, -0.2) is 41.6 Å². The number of hydrogen-bond donors (Lipinski definition) is 3. The maximum atomic E-state index is 12.2. The van der Waals surface area contributed by atoms with Crippen LogP contribution >= 0.6 is 0 Å². The van der Waals surface area contributed by atoms with Crippen LogP contribution in [0, 0.1) is 5.92 Å². The predicted molar refractivity (Wildman–Crippen MR) is 92.7 cm³/mol. The molecule has 25 heavy (non-hydrogen) atoms. The predicted octanol–water partition coefficient (Wildman–Crippen LogP) is 1.39. The molecule has 0 saturated heterocycles. The van der Waals surface area contributed by atoms with Gasteiger partial charge in [-0.25, -0.2) is 4.79 Å². The van der Waals surface area contributed by atoms with Gasteiger partial charge in [0.05, 0.1) is 12.1 Å². The van der Waals surface area contributed by atoms with Crippen LogP contribution in [0.1, 0.15) is 32.8 Å². The van der Waals surface area contributed by atoms with Gasteiger partial charge in [-0.1, -0.05) is 44.2 Å². The number of aldehydes is 1. The first-order valence-electron chi connectivity index (χ1n) is 8.24. The SMILES string of the molecule is CC(C)C[C@@H](C=O)NC(=O)[C@@H](NC(=O)OCc1ccccc1)[C@H](C)O. The third-order valence-electron chi connectivity index (χ3n) is 3.47. The van der Waals surface area contributed by atoms with Crippen molar-refractivity contribution in [2.45, 2.75) is 52.0 Å². The fraction of sp³-hybridized carbons (Fsp3) is 0.500. The Kier molecular flexibility index (Phi) is 8.63. The summed E-state index contributed by atoms with van der Waals surface area (Å²) in [7, 11) is 0. The lowest BCUT2D eigenvalue weighted by molar-refractivity contribution is -0.128. The van der Waals surface area contributed by atoms with Gasteiger partial charge < -0.3 is 25.3 Å². The minimum absolute atomic E-state index is 0.0468. The molecule has 2 amide bonds. The van der Waals surface area contributed by atoms with E-state index in [-0.39, 0.29) is 12.5 Å². The molecular formula is C18H26N2O5. The zero-order chi connectivity index (χ0) is 18.8. The average Bonchev–Trinajstić information content (AvgIpc) is 2.57. The van der Waals surface area contributed by atoms with Gasteiger partial charge in [0.1, 0.15) is 18.9 Å². The summed E-state index contributed by atoms with van der Waals surface area (Å²) in [5.74, 6) is -0.422. The lowest BCUT2D eigenvalue weighted by Gasteiger charge is -2.23. The summed E-state index contributed by atoms with van der Waals surface area (Å²) in [4.78, 5) is 35.2. The van der Waals surface area contributed by atoms with Crippen molar-refractivity contribution in [3.63, 3.8) is 0 Å². The summed E-state index contributed by atoms with van der Waals surface area (Å²) in [6, 6.07) is 7.19. The van der Waals surface area contributed by atoms with Crippen molar-refractivity contribution in [1.29, 1.82) is 0 Å². The molecular weight excluding hydrogens is 324 g/mol. The first-order chi connectivity index (χ1) is 11.8. The number of hydrogen-bond acceptors (Lipinski definition) is 5. The second-order valence-corrected chi connectivity index (χ2v) is 6.31. The molecule has 0 aromatic heterocycles. The van der Waals surface area contributed by atoms with Crippen molar-refractivity contribution < 1.29 is 24.2 Å². The van der Waals surface area contributed by atoms with Crippen molar-refractivity contribution >= 4 is 18.3 Å². The molecule has 1 aromatic rings. The standard InChI is InChI=1S/C18H26N2O5/c1-12(2)9-15(10-21)19-17(23)16(13(3)22)20-18(24)25-11-14-7-5-4-6-8-14/h4-8,10,12-13,15-16,22H,9,11H2,1-3H3,(H,19,23)(H,20,24)/t13-,15-,16-/m0/s1. The van der Waals surface area contributed by atoms with E-state index in [0.717, 1.165) is 5.56 Å². The maximum absolute atomic E-state index is 12.2. The molecule has 7 heteroatoms. The Bertz CT molecular complexity index is 560. The maximum Gasteiger partial charge on any atom is 0.408 e. The largest absolute Gasteiger partial charge is 0.445 e. The quantitative estimate of drug-likeness (QED) is 0.584. The van der Waals surface area contributed by atoms with Crippen LogP contribution in [-0.2, 0) is 20.9 Å². The van der Waals surface area contributed by atoms with Gasteiger partial charge in [0, 0.05) is 0 Å². The average molecular weight is 350 g/mol. The Balaban J connectivity index is 2.58. The summed E-state index contributed by atoms with van der Waals surface area (Å²) >= 11 is 0. The number of nitrogens with one attached hydrogen (secondary N) is 2. The Labute approximate surface area is 147 Å². The van der Waals surface area contributed by atoms with Gasteiger partial charge in [-0.05, 0) is 24.8 Å². The van der Waals surface area contributed by atoms with E-state index >= 15 is 0 Å². The zero-order valence-corrected chi connectivity index (χ0v) is 14.8. The van der Waals surface area contributed by atoms with Crippen LogP contribution in [0.4, 0.5) is 4.79 Å². The number of rotatable bonds is 9. The summed E-state index contributed by atoms with van der Waals surface area (Å²) in [5.41, 5.74) is 0.800. The van der Waals surface area contributed by atoms with Gasteiger partial charge in [-0.3, -0.25) is 4.79 Å². The zero-order valence-electron chi connectivity index (χ0n) is 14.8. The van der Waals surface area contributed by atoms with E-state index in [0.29, 0.717) is 12.7 Å². The normalized spacial score (nSPS) is 14.3. The first kappa shape index (κ1) is 20.6. The molecule has 0 aliphatic rings. The third-order valence-corrected chi connectivity index (χ3v) is 3.47. The monoisotopic (exact) mass is 350 g/mol. The number of amides is 2. The number of aliphatic hydroxyl groups excluding tert-OH is 1. The van der Waals surface area contributed by atoms with Gasteiger partial charge in [-0.15, -0.1) is 0 Å². The van der Waals surface area contributed by atoms with Crippen LogP contribution in [0.2, 0.25) is 0 Å². The molecule has 1 aromatic carbocycles. The fourth-order valence-electron chi connectivity index (χ4n) is 2.23. The second-order valence-electron chi connectivity index (χ2n) is 6.31. The van der Waals surface area contributed by atoms with E-state index in [1.807, 2.05) is 32.0 Å². The van der Waals surface area contributed by atoms with E-state index < -0.39 is 30.2 Å². The number of benzene rings is 1. The molecule has 0 unspecified atom stereocenters. The van der Waals surface area contributed by atoms with Crippen molar-refractivity contribution in [2.75, 3.05) is 0 Å². The summed E-state index contributed by atoms with van der Waals surface area (Å²) in [6.45, 7) is 5.27. The highest BCUT2D eigenvalue weighted by atomic mass is 16.5. The second kappa shape index (κ2) is 10.5. The van der Waals surface area contributed by atoms with Gasteiger partial charge in [0.2, 0.25) is 5.91 Å². The Hall–Kier alpha value is -2.41. The molecule has 0 bridgehead atoms. The van der Waals surface area contributed by atoms with Gasteiger partial charge in [0.15, 0.2) is 0 Å². The number of alkyl carbamates (subject to hydrolysis) is 1. The van der Waals surface area contributed by atoms with E-state index in [1.165, 1.54) is 6.92 Å². The lowest BCUT2D eigenvalue weighted by atomic mass is 10.0. The molecule has 7 nitrogen and oxygen atoms in total. The highest BCUT2D eigenvalue weighted by Gasteiger charge is 2.28. The molecule has 0 radical (unpaired) electrons. The van der Waals surface area contributed by atoms with Crippen LogP contribution in [0.3, 0.4) is 0 Å². The van der Waals surface area contributed by atoms with Crippen molar-refractivity contribution in [3.05, 3.63) is 35.9 Å². The molecule has 3 atom stereocenters.